The van der Waals surface area contributed by atoms with Gasteiger partial charge in [0.25, 0.3) is 5.89 Å². The Labute approximate surface area is 157 Å². The Hall–Kier alpha value is -3.28. The number of aryl methyl sites for hydroxylation is 3. The van der Waals surface area contributed by atoms with Crippen LogP contribution in [0.1, 0.15) is 29.5 Å². The van der Waals surface area contributed by atoms with Crippen LogP contribution >= 0.6 is 0 Å². The standard InChI is InChI=1S/C21H21N5O/c1-4-18-23-26-21(27-18)19-16-7-5-6-8-17(16)20(25-24-19)22-12-15-11-13(2)9-10-14(15)3/h5-11H,4,12H2,1-3H3,(H,22,25). The average Bonchev–Trinajstić information content (AvgIpc) is 3.17. The maximum atomic E-state index is 5.68. The van der Waals surface area contributed by atoms with Crippen LogP contribution in [0.3, 0.4) is 0 Å². The van der Waals surface area contributed by atoms with E-state index in [1.54, 1.807) is 0 Å². The van der Waals surface area contributed by atoms with Gasteiger partial charge in [-0.05, 0) is 25.0 Å². The van der Waals surface area contributed by atoms with E-state index in [-0.39, 0.29) is 0 Å². The van der Waals surface area contributed by atoms with Gasteiger partial charge in [0.2, 0.25) is 5.89 Å². The second kappa shape index (κ2) is 7.15. The normalized spacial score (nSPS) is 11.1. The highest BCUT2D eigenvalue weighted by molar-refractivity contribution is 5.98. The number of nitrogens with zero attached hydrogens (tertiary/aromatic N) is 4. The molecule has 4 aromatic rings. The molecule has 2 heterocycles. The molecule has 6 nitrogen and oxygen atoms in total. The third-order valence-corrected chi connectivity index (χ3v) is 4.61. The molecule has 0 aliphatic rings. The van der Waals surface area contributed by atoms with E-state index in [2.05, 4.69) is 57.8 Å². The van der Waals surface area contributed by atoms with Gasteiger partial charge in [0.1, 0.15) is 0 Å². The van der Waals surface area contributed by atoms with Crippen molar-refractivity contribution in [2.24, 2.45) is 0 Å². The molecule has 2 aromatic heterocycles. The molecule has 0 aliphatic heterocycles. The van der Waals surface area contributed by atoms with E-state index in [0.717, 1.165) is 16.6 Å². The van der Waals surface area contributed by atoms with Crippen molar-refractivity contribution in [2.45, 2.75) is 33.7 Å². The van der Waals surface area contributed by atoms with Crippen LogP contribution < -0.4 is 5.32 Å². The van der Waals surface area contributed by atoms with Crippen molar-refractivity contribution < 1.29 is 4.42 Å². The maximum absolute atomic E-state index is 5.68. The molecular formula is C21H21N5O. The summed E-state index contributed by atoms with van der Waals surface area (Å²) in [6.45, 7) is 6.87. The van der Waals surface area contributed by atoms with Gasteiger partial charge in [-0.15, -0.1) is 20.4 Å². The maximum Gasteiger partial charge on any atom is 0.268 e. The molecule has 136 valence electrons. The molecule has 4 rings (SSSR count). The second-order valence-corrected chi connectivity index (χ2v) is 6.58. The van der Waals surface area contributed by atoms with Crippen LogP contribution in [0.2, 0.25) is 0 Å². The Kier molecular flexibility index (Phi) is 4.54. The van der Waals surface area contributed by atoms with Crippen molar-refractivity contribution in [2.75, 3.05) is 5.32 Å². The number of aromatic nitrogens is 4. The highest BCUT2D eigenvalue weighted by atomic mass is 16.4. The van der Waals surface area contributed by atoms with E-state index in [1.807, 2.05) is 31.2 Å². The summed E-state index contributed by atoms with van der Waals surface area (Å²) in [5, 5.41) is 22.2. The molecule has 0 aliphatic carbocycles. The number of nitrogens with one attached hydrogen (secondary N) is 1. The third-order valence-electron chi connectivity index (χ3n) is 4.61. The lowest BCUT2D eigenvalue weighted by Gasteiger charge is -2.12. The van der Waals surface area contributed by atoms with Crippen molar-refractivity contribution in [3.05, 3.63) is 65.0 Å². The molecule has 0 unspecified atom stereocenters. The molecule has 0 spiro atoms. The molecule has 6 heteroatoms. The van der Waals surface area contributed by atoms with Crippen molar-refractivity contribution in [3.63, 3.8) is 0 Å². The van der Waals surface area contributed by atoms with Gasteiger partial charge in [0, 0.05) is 23.7 Å². The molecule has 0 saturated heterocycles. The number of hydrogen-bond acceptors (Lipinski definition) is 6. The minimum atomic E-state index is 0.400. The predicted molar refractivity (Wildman–Crippen MR) is 105 cm³/mol. The van der Waals surface area contributed by atoms with Crippen LogP contribution in [0.15, 0.2) is 46.9 Å². The monoisotopic (exact) mass is 359 g/mol. The number of hydrogen-bond donors (Lipinski definition) is 1. The van der Waals surface area contributed by atoms with Crippen molar-refractivity contribution in [3.8, 4) is 11.6 Å². The summed E-state index contributed by atoms with van der Waals surface area (Å²) in [5.41, 5.74) is 4.34. The summed E-state index contributed by atoms with van der Waals surface area (Å²) < 4.78 is 5.68. The fraction of sp³-hybridized carbons (Fsp3) is 0.238. The van der Waals surface area contributed by atoms with Crippen LogP contribution in [0, 0.1) is 13.8 Å². The number of benzene rings is 2. The van der Waals surface area contributed by atoms with Crippen LogP contribution in [-0.4, -0.2) is 20.4 Å². The van der Waals surface area contributed by atoms with Gasteiger partial charge < -0.3 is 9.73 Å². The molecule has 2 aromatic carbocycles. The van der Waals surface area contributed by atoms with E-state index in [0.29, 0.717) is 30.4 Å². The van der Waals surface area contributed by atoms with Gasteiger partial charge in [-0.25, -0.2) is 0 Å². The minimum Gasteiger partial charge on any atom is -0.419 e. The van der Waals surface area contributed by atoms with Crippen LogP contribution in [-0.2, 0) is 13.0 Å². The first-order valence-electron chi connectivity index (χ1n) is 9.04. The van der Waals surface area contributed by atoms with Crippen molar-refractivity contribution in [1.29, 1.82) is 0 Å². The zero-order chi connectivity index (χ0) is 18.8. The number of anilines is 1. The first kappa shape index (κ1) is 17.1. The summed E-state index contributed by atoms with van der Waals surface area (Å²) in [6, 6.07) is 14.4. The number of rotatable bonds is 5. The van der Waals surface area contributed by atoms with E-state index in [4.69, 9.17) is 4.42 Å². The van der Waals surface area contributed by atoms with Crippen molar-refractivity contribution >= 4 is 16.6 Å². The fourth-order valence-corrected chi connectivity index (χ4v) is 3.05. The summed E-state index contributed by atoms with van der Waals surface area (Å²) >= 11 is 0. The second-order valence-electron chi connectivity index (χ2n) is 6.58. The van der Waals surface area contributed by atoms with E-state index >= 15 is 0 Å². The fourth-order valence-electron chi connectivity index (χ4n) is 3.05. The highest BCUT2D eigenvalue weighted by Gasteiger charge is 2.16. The Morgan fingerprint density at radius 2 is 1.74 bits per heavy atom. The van der Waals surface area contributed by atoms with Crippen LogP contribution in [0.4, 0.5) is 5.82 Å². The van der Waals surface area contributed by atoms with E-state index in [1.165, 1.54) is 16.7 Å². The van der Waals surface area contributed by atoms with Gasteiger partial charge in [0.15, 0.2) is 11.5 Å². The molecule has 0 fully saturated rings. The highest BCUT2D eigenvalue weighted by Crippen LogP contribution is 2.29. The van der Waals surface area contributed by atoms with Gasteiger partial charge in [0.05, 0.1) is 0 Å². The van der Waals surface area contributed by atoms with E-state index < -0.39 is 0 Å². The molecule has 0 bridgehead atoms. The zero-order valence-electron chi connectivity index (χ0n) is 15.7. The molecule has 0 saturated carbocycles. The lowest BCUT2D eigenvalue weighted by atomic mass is 10.1. The van der Waals surface area contributed by atoms with Gasteiger partial charge in [-0.1, -0.05) is 55.0 Å². The lowest BCUT2D eigenvalue weighted by molar-refractivity contribution is 0.511. The Balaban J connectivity index is 1.70. The smallest absolute Gasteiger partial charge is 0.268 e. The lowest BCUT2D eigenvalue weighted by Crippen LogP contribution is -2.05. The summed E-state index contributed by atoms with van der Waals surface area (Å²) in [5.74, 6) is 1.73. The first-order chi connectivity index (χ1) is 13.2. The molecule has 0 atom stereocenters. The Morgan fingerprint density at radius 1 is 0.926 bits per heavy atom. The van der Waals surface area contributed by atoms with Crippen LogP contribution in [0.5, 0.6) is 0 Å². The average molecular weight is 359 g/mol. The summed E-state index contributed by atoms with van der Waals surface area (Å²) in [4.78, 5) is 0. The number of fused-ring (bicyclic) bond motifs is 1. The van der Waals surface area contributed by atoms with E-state index in [9.17, 15) is 0 Å². The molecule has 0 radical (unpaired) electrons. The SMILES string of the molecule is CCc1nnc(-c2nnc(NCc3cc(C)ccc3C)c3ccccc23)o1. The molecule has 27 heavy (non-hydrogen) atoms. The zero-order valence-corrected chi connectivity index (χ0v) is 15.7. The summed E-state index contributed by atoms with van der Waals surface area (Å²) in [6.07, 6.45) is 0.688. The van der Waals surface area contributed by atoms with Gasteiger partial charge in [-0.3, -0.25) is 0 Å². The first-order valence-corrected chi connectivity index (χ1v) is 9.04. The third kappa shape index (κ3) is 3.38. The quantitative estimate of drug-likeness (QED) is 0.566. The molecular weight excluding hydrogens is 338 g/mol. The van der Waals surface area contributed by atoms with Gasteiger partial charge >= 0.3 is 0 Å². The molecule has 1 N–H and O–H groups in total. The molecule has 0 amide bonds. The van der Waals surface area contributed by atoms with Gasteiger partial charge in [-0.2, -0.15) is 0 Å². The Morgan fingerprint density at radius 3 is 2.52 bits per heavy atom. The summed E-state index contributed by atoms with van der Waals surface area (Å²) in [7, 11) is 0. The largest absolute Gasteiger partial charge is 0.419 e. The Bertz CT molecular complexity index is 1100. The predicted octanol–water partition coefficient (Wildman–Crippen LogP) is 4.47. The topological polar surface area (TPSA) is 76.7 Å². The van der Waals surface area contributed by atoms with Crippen LogP contribution in [0.25, 0.3) is 22.4 Å². The van der Waals surface area contributed by atoms with Crippen molar-refractivity contribution in [1.82, 2.24) is 20.4 Å². The minimum absolute atomic E-state index is 0.400.